The summed E-state index contributed by atoms with van der Waals surface area (Å²) in [7, 11) is 0. The molecule has 0 aromatic rings. The average molecular weight is 441 g/mol. The number of hydrogen-bond donors (Lipinski definition) is 1. The molecule has 0 spiro atoms. The first-order valence-corrected chi connectivity index (χ1v) is 13.6. The van der Waals surface area contributed by atoms with Crippen molar-refractivity contribution in [2.24, 2.45) is 5.73 Å². The molecule has 0 heterocycles. The SMILES string of the molecule is CCC.CCCCCCCCCCCN(CCCCCCCCC)C(=O)CCC(N)=O. The number of nitrogens with zero attached hydrogens (tertiary/aromatic N) is 1. The van der Waals surface area contributed by atoms with Gasteiger partial charge in [0.15, 0.2) is 0 Å². The quantitative estimate of drug-likeness (QED) is 0.185. The van der Waals surface area contributed by atoms with Gasteiger partial charge in [0, 0.05) is 25.9 Å². The summed E-state index contributed by atoms with van der Waals surface area (Å²) in [4.78, 5) is 25.4. The van der Waals surface area contributed by atoms with E-state index in [0.717, 1.165) is 25.9 Å². The summed E-state index contributed by atoms with van der Waals surface area (Å²) in [5.41, 5.74) is 5.21. The van der Waals surface area contributed by atoms with Gasteiger partial charge in [-0.2, -0.15) is 0 Å². The van der Waals surface area contributed by atoms with E-state index in [-0.39, 0.29) is 24.7 Å². The van der Waals surface area contributed by atoms with Crippen LogP contribution in [0.15, 0.2) is 0 Å². The monoisotopic (exact) mass is 440 g/mol. The minimum absolute atomic E-state index is 0.101. The summed E-state index contributed by atoms with van der Waals surface area (Å²) >= 11 is 0. The molecule has 4 heteroatoms. The lowest BCUT2D eigenvalue weighted by atomic mass is 10.1. The number of rotatable bonds is 21. The molecule has 0 aliphatic heterocycles. The van der Waals surface area contributed by atoms with Crippen LogP contribution in [0.1, 0.15) is 150 Å². The van der Waals surface area contributed by atoms with E-state index in [9.17, 15) is 9.59 Å². The van der Waals surface area contributed by atoms with E-state index in [4.69, 9.17) is 5.73 Å². The minimum atomic E-state index is -0.382. The van der Waals surface area contributed by atoms with Gasteiger partial charge in [0.05, 0.1) is 0 Å². The lowest BCUT2D eigenvalue weighted by Crippen LogP contribution is -2.33. The number of primary amides is 1. The molecule has 0 aliphatic carbocycles. The van der Waals surface area contributed by atoms with Crippen molar-refractivity contribution >= 4 is 11.8 Å². The van der Waals surface area contributed by atoms with Crippen LogP contribution in [-0.4, -0.2) is 29.8 Å². The molecule has 2 N–H and O–H groups in total. The molecule has 0 rings (SSSR count). The van der Waals surface area contributed by atoms with E-state index in [1.807, 2.05) is 4.90 Å². The van der Waals surface area contributed by atoms with Crippen LogP contribution < -0.4 is 5.73 Å². The molecule has 0 atom stereocenters. The van der Waals surface area contributed by atoms with Crippen molar-refractivity contribution in [3.63, 3.8) is 0 Å². The standard InChI is InChI=1S/C24H48N2O2.C3H8/c1-3-5-7-9-11-12-14-16-18-22-26(24(28)20-19-23(25)27)21-17-15-13-10-8-6-4-2;1-3-2/h3-22H2,1-2H3,(H2,25,27);3H2,1-2H3. The third kappa shape index (κ3) is 26.9. The molecule has 0 aromatic heterocycles. The zero-order chi connectivity index (χ0) is 23.6. The van der Waals surface area contributed by atoms with Crippen molar-refractivity contribution in [1.29, 1.82) is 0 Å². The fraction of sp³-hybridized carbons (Fsp3) is 0.926. The number of unbranched alkanes of at least 4 members (excludes halogenated alkanes) is 14. The van der Waals surface area contributed by atoms with Crippen LogP contribution in [0.5, 0.6) is 0 Å². The zero-order valence-electron chi connectivity index (χ0n) is 21.7. The second kappa shape index (κ2) is 27.0. The fourth-order valence-electron chi connectivity index (χ4n) is 3.62. The van der Waals surface area contributed by atoms with Crippen LogP contribution in [0.25, 0.3) is 0 Å². The molecule has 0 unspecified atom stereocenters. The average Bonchev–Trinajstić information content (AvgIpc) is 2.74. The highest BCUT2D eigenvalue weighted by molar-refractivity contribution is 5.82. The van der Waals surface area contributed by atoms with E-state index >= 15 is 0 Å². The van der Waals surface area contributed by atoms with Gasteiger partial charge in [0.1, 0.15) is 0 Å². The molecule has 4 nitrogen and oxygen atoms in total. The predicted molar refractivity (Wildman–Crippen MR) is 136 cm³/mol. The van der Waals surface area contributed by atoms with Gasteiger partial charge in [-0.05, 0) is 12.8 Å². The van der Waals surface area contributed by atoms with Crippen molar-refractivity contribution in [3.8, 4) is 0 Å². The largest absolute Gasteiger partial charge is 0.370 e. The van der Waals surface area contributed by atoms with Crippen molar-refractivity contribution in [2.75, 3.05) is 13.1 Å². The summed E-state index contributed by atoms with van der Waals surface area (Å²) in [5, 5.41) is 0. The van der Waals surface area contributed by atoms with Crippen molar-refractivity contribution < 1.29 is 9.59 Å². The first kappa shape index (κ1) is 32.1. The van der Waals surface area contributed by atoms with Crippen LogP contribution >= 0.6 is 0 Å². The van der Waals surface area contributed by atoms with Gasteiger partial charge < -0.3 is 10.6 Å². The lowest BCUT2D eigenvalue weighted by Gasteiger charge is -2.23. The van der Waals surface area contributed by atoms with E-state index in [1.54, 1.807) is 0 Å². The first-order chi connectivity index (χ1) is 15.0. The minimum Gasteiger partial charge on any atom is -0.370 e. The highest BCUT2D eigenvalue weighted by Gasteiger charge is 2.13. The van der Waals surface area contributed by atoms with E-state index < -0.39 is 0 Å². The highest BCUT2D eigenvalue weighted by Crippen LogP contribution is 2.12. The van der Waals surface area contributed by atoms with Crippen LogP contribution in [0.3, 0.4) is 0 Å². The summed E-state index contributed by atoms with van der Waals surface area (Å²) in [6, 6.07) is 0. The van der Waals surface area contributed by atoms with Crippen LogP contribution in [-0.2, 0) is 9.59 Å². The van der Waals surface area contributed by atoms with Gasteiger partial charge in [-0.3, -0.25) is 9.59 Å². The summed E-state index contributed by atoms with van der Waals surface area (Å²) in [5.74, 6) is -0.281. The molecule has 0 saturated carbocycles. The Balaban J connectivity index is 0. The summed E-state index contributed by atoms with van der Waals surface area (Å²) < 4.78 is 0. The van der Waals surface area contributed by atoms with Gasteiger partial charge in [-0.1, -0.05) is 124 Å². The molecule has 0 radical (unpaired) electrons. The smallest absolute Gasteiger partial charge is 0.223 e. The maximum Gasteiger partial charge on any atom is 0.223 e. The Kier molecular flexibility index (Phi) is 28.0. The Hall–Kier alpha value is -1.06. The fourth-order valence-corrected chi connectivity index (χ4v) is 3.62. The molecule has 2 amide bonds. The number of nitrogens with two attached hydrogens (primary N) is 1. The summed E-state index contributed by atoms with van der Waals surface area (Å²) in [6.45, 7) is 10.4. The lowest BCUT2D eigenvalue weighted by molar-refractivity contribution is -0.133. The molecule has 186 valence electrons. The van der Waals surface area contributed by atoms with Crippen molar-refractivity contribution in [1.82, 2.24) is 4.90 Å². The summed E-state index contributed by atoms with van der Waals surface area (Å²) in [6.07, 6.45) is 22.1. The van der Waals surface area contributed by atoms with Crippen LogP contribution in [0.2, 0.25) is 0 Å². The highest BCUT2D eigenvalue weighted by atomic mass is 16.2. The Morgan fingerprint density at radius 2 is 0.871 bits per heavy atom. The number of carbonyl (C=O) groups excluding carboxylic acids is 2. The molecule has 0 aliphatic rings. The molecule has 0 saturated heterocycles. The Morgan fingerprint density at radius 1 is 0.548 bits per heavy atom. The topological polar surface area (TPSA) is 63.4 Å². The molecule has 31 heavy (non-hydrogen) atoms. The van der Waals surface area contributed by atoms with Crippen molar-refractivity contribution in [3.05, 3.63) is 0 Å². The number of amides is 2. The molecule has 0 bridgehead atoms. The van der Waals surface area contributed by atoms with Crippen LogP contribution in [0, 0.1) is 0 Å². The molecular formula is C27H56N2O2. The van der Waals surface area contributed by atoms with Gasteiger partial charge in [-0.25, -0.2) is 0 Å². The first-order valence-electron chi connectivity index (χ1n) is 13.6. The van der Waals surface area contributed by atoms with E-state index in [2.05, 4.69) is 27.7 Å². The van der Waals surface area contributed by atoms with E-state index in [1.165, 1.54) is 96.3 Å². The number of hydrogen-bond acceptors (Lipinski definition) is 2. The van der Waals surface area contributed by atoms with Crippen molar-refractivity contribution in [2.45, 2.75) is 150 Å². The maximum atomic E-state index is 12.4. The third-order valence-electron chi connectivity index (χ3n) is 5.50. The maximum absolute atomic E-state index is 12.4. The second-order valence-corrected chi connectivity index (χ2v) is 9.00. The van der Waals surface area contributed by atoms with Gasteiger partial charge in [0.2, 0.25) is 11.8 Å². The third-order valence-corrected chi connectivity index (χ3v) is 5.50. The molecular weight excluding hydrogens is 384 g/mol. The Morgan fingerprint density at radius 3 is 1.19 bits per heavy atom. The molecule has 0 fully saturated rings. The van der Waals surface area contributed by atoms with Gasteiger partial charge >= 0.3 is 0 Å². The normalized spacial score (nSPS) is 10.5. The van der Waals surface area contributed by atoms with E-state index in [0.29, 0.717) is 0 Å². The number of carbonyl (C=O) groups is 2. The molecule has 0 aromatic carbocycles. The van der Waals surface area contributed by atoms with Gasteiger partial charge in [-0.15, -0.1) is 0 Å². The van der Waals surface area contributed by atoms with Crippen LogP contribution in [0.4, 0.5) is 0 Å². The zero-order valence-corrected chi connectivity index (χ0v) is 21.7. The Labute approximate surface area is 195 Å². The second-order valence-electron chi connectivity index (χ2n) is 9.00. The predicted octanol–water partition coefficient (Wildman–Crippen LogP) is 7.78. The Bertz CT molecular complexity index is 385. The van der Waals surface area contributed by atoms with Gasteiger partial charge in [0.25, 0.3) is 0 Å².